The number of thioether (sulfide) groups is 1. The molecule has 28 heavy (non-hydrogen) atoms. The molecule has 9 heteroatoms. The molecule has 0 spiro atoms. The van der Waals surface area contributed by atoms with Gasteiger partial charge in [0, 0.05) is 18.2 Å². The summed E-state index contributed by atoms with van der Waals surface area (Å²) in [5.74, 6) is 2.93. The molecule has 8 nitrogen and oxygen atoms in total. The highest BCUT2D eigenvalue weighted by atomic mass is 32.2. The Kier molecular flexibility index (Phi) is 6.25. The van der Waals surface area contributed by atoms with Crippen LogP contribution < -0.4 is 9.47 Å². The molecule has 0 aliphatic rings. The van der Waals surface area contributed by atoms with Gasteiger partial charge in [0.25, 0.3) is 0 Å². The molecule has 2 aromatic heterocycles. The predicted molar refractivity (Wildman–Crippen MR) is 104 cm³/mol. The Bertz CT molecular complexity index is 944. The van der Waals surface area contributed by atoms with Crippen LogP contribution in [0.4, 0.5) is 0 Å². The van der Waals surface area contributed by atoms with Gasteiger partial charge in [-0.1, -0.05) is 11.8 Å². The molecule has 0 aliphatic heterocycles. The van der Waals surface area contributed by atoms with E-state index < -0.39 is 5.97 Å². The third-order valence-electron chi connectivity index (χ3n) is 4.03. The first-order valence-corrected chi connectivity index (χ1v) is 9.54. The molecular formula is C19H21N3O5S. The third-order valence-corrected chi connectivity index (χ3v) is 5.02. The molecule has 0 saturated heterocycles. The molecule has 3 aromatic rings. The molecule has 0 amide bonds. The van der Waals surface area contributed by atoms with Gasteiger partial charge < -0.3 is 23.2 Å². The highest BCUT2D eigenvalue weighted by molar-refractivity contribution is 7.98. The minimum absolute atomic E-state index is 0.180. The van der Waals surface area contributed by atoms with Crippen molar-refractivity contribution in [3.8, 4) is 22.9 Å². The molecule has 3 rings (SSSR count). The van der Waals surface area contributed by atoms with Crippen LogP contribution in [0, 0.1) is 0 Å². The van der Waals surface area contributed by atoms with E-state index in [0.717, 1.165) is 16.5 Å². The largest absolute Gasteiger partial charge is 0.497 e. The second kappa shape index (κ2) is 8.83. The van der Waals surface area contributed by atoms with Gasteiger partial charge in [-0.25, -0.2) is 4.79 Å². The normalized spacial score (nSPS) is 10.7. The lowest BCUT2D eigenvalue weighted by Gasteiger charge is -2.10. The topological polar surface area (TPSA) is 88.6 Å². The first kappa shape index (κ1) is 19.8. The van der Waals surface area contributed by atoms with Gasteiger partial charge in [-0.15, -0.1) is 10.2 Å². The van der Waals surface area contributed by atoms with Gasteiger partial charge in [-0.05, 0) is 31.2 Å². The lowest BCUT2D eigenvalue weighted by Crippen LogP contribution is -2.00. The van der Waals surface area contributed by atoms with Gasteiger partial charge >= 0.3 is 5.97 Å². The molecule has 0 radical (unpaired) electrons. The zero-order chi connectivity index (χ0) is 20.1. The summed E-state index contributed by atoms with van der Waals surface area (Å²) < 4.78 is 22.8. The van der Waals surface area contributed by atoms with E-state index >= 15 is 0 Å². The number of carbonyl (C=O) groups excluding carboxylic acids is 1. The van der Waals surface area contributed by atoms with Crippen LogP contribution in [0.15, 0.2) is 39.9 Å². The van der Waals surface area contributed by atoms with Crippen LogP contribution in [-0.4, -0.2) is 42.1 Å². The lowest BCUT2D eigenvalue weighted by molar-refractivity contribution is 0.0563. The Hall–Kier alpha value is -2.94. The van der Waals surface area contributed by atoms with E-state index in [1.54, 1.807) is 26.4 Å². The van der Waals surface area contributed by atoms with Crippen LogP contribution in [0.3, 0.4) is 0 Å². The van der Waals surface area contributed by atoms with Crippen molar-refractivity contribution < 1.29 is 23.4 Å². The first-order valence-electron chi connectivity index (χ1n) is 8.56. The maximum atomic E-state index is 11.5. The van der Waals surface area contributed by atoms with Crippen LogP contribution in [-0.2, 0) is 17.0 Å². The number of aromatic nitrogens is 3. The molecule has 0 atom stereocenters. The van der Waals surface area contributed by atoms with Crippen molar-refractivity contribution >= 4 is 17.7 Å². The Balaban J connectivity index is 1.82. The number of nitrogens with zero attached hydrogens (tertiary/aromatic N) is 3. The maximum Gasteiger partial charge on any atom is 0.373 e. The number of rotatable bonds is 8. The number of hydrogen-bond donors (Lipinski definition) is 0. The number of esters is 1. The van der Waals surface area contributed by atoms with E-state index in [0.29, 0.717) is 29.6 Å². The first-order chi connectivity index (χ1) is 13.6. The van der Waals surface area contributed by atoms with Crippen molar-refractivity contribution in [3.05, 3.63) is 41.9 Å². The van der Waals surface area contributed by atoms with Crippen molar-refractivity contribution in [2.24, 2.45) is 0 Å². The van der Waals surface area contributed by atoms with Gasteiger partial charge in [0.1, 0.15) is 17.3 Å². The summed E-state index contributed by atoms with van der Waals surface area (Å²) in [5.41, 5.74) is 0.850. The number of hydrogen-bond acceptors (Lipinski definition) is 8. The number of furan rings is 1. The van der Waals surface area contributed by atoms with Crippen LogP contribution in [0.5, 0.6) is 11.5 Å². The highest BCUT2D eigenvalue weighted by Crippen LogP contribution is 2.31. The van der Waals surface area contributed by atoms with Crippen LogP contribution in [0.2, 0.25) is 0 Å². The number of ether oxygens (including phenoxy) is 3. The summed E-state index contributed by atoms with van der Waals surface area (Å²) in [4.78, 5) is 11.5. The summed E-state index contributed by atoms with van der Waals surface area (Å²) in [6.45, 7) is 2.71. The quantitative estimate of drug-likeness (QED) is 0.416. The summed E-state index contributed by atoms with van der Waals surface area (Å²) in [5, 5.41) is 9.40. The molecule has 0 saturated carbocycles. The van der Waals surface area contributed by atoms with E-state index in [1.807, 2.05) is 29.7 Å². The molecule has 0 fully saturated rings. The fraction of sp³-hybridized carbons (Fsp3) is 0.316. The molecule has 2 heterocycles. The summed E-state index contributed by atoms with van der Waals surface area (Å²) in [7, 11) is 4.53. The SMILES string of the molecule is CCn1c(SCc2ccc(C(=O)OC)o2)nnc1-c1cc(OC)cc(OC)c1. The molecule has 0 unspecified atom stereocenters. The fourth-order valence-electron chi connectivity index (χ4n) is 2.63. The van der Waals surface area contributed by atoms with E-state index in [-0.39, 0.29) is 5.76 Å². The second-order valence-corrected chi connectivity index (χ2v) is 6.64. The molecule has 1 aromatic carbocycles. The predicted octanol–water partition coefficient (Wildman–Crippen LogP) is 3.65. The number of carbonyl (C=O) groups is 1. The van der Waals surface area contributed by atoms with Crippen molar-refractivity contribution in [2.45, 2.75) is 24.4 Å². The van der Waals surface area contributed by atoms with Crippen LogP contribution in [0.25, 0.3) is 11.4 Å². The molecule has 148 valence electrons. The number of benzene rings is 1. The van der Waals surface area contributed by atoms with Gasteiger partial charge in [-0.3, -0.25) is 0 Å². The van der Waals surface area contributed by atoms with E-state index in [2.05, 4.69) is 14.9 Å². The monoisotopic (exact) mass is 403 g/mol. The van der Waals surface area contributed by atoms with E-state index in [4.69, 9.17) is 13.9 Å². The van der Waals surface area contributed by atoms with Crippen molar-refractivity contribution in [1.82, 2.24) is 14.8 Å². The Morgan fingerprint density at radius 1 is 1.11 bits per heavy atom. The third kappa shape index (κ3) is 4.14. The smallest absolute Gasteiger partial charge is 0.373 e. The standard InChI is InChI=1S/C19H21N3O5S/c1-5-22-17(12-8-14(24-2)10-15(9-12)25-3)20-21-19(22)28-11-13-6-7-16(27-13)18(23)26-4/h6-10H,5,11H2,1-4H3. The van der Waals surface area contributed by atoms with E-state index in [9.17, 15) is 4.79 Å². The van der Waals surface area contributed by atoms with Crippen molar-refractivity contribution in [3.63, 3.8) is 0 Å². The molecule has 0 bridgehead atoms. The Morgan fingerprint density at radius 2 is 1.82 bits per heavy atom. The second-order valence-electron chi connectivity index (χ2n) is 5.70. The minimum Gasteiger partial charge on any atom is -0.497 e. The summed E-state index contributed by atoms with van der Waals surface area (Å²) in [6.07, 6.45) is 0. The van der Waals surface area contributed by atoms with Gasteiger partial charge in [0.2, 0.25) is 5.76 Å². The average molecular weight is 403 g/mol. The van der Waals surface area contributed by atoms with Gasteiger partial charge in [0.05, 0.1) is 27.1 Å². The van der Waals surface area contributed by atoms with Gasteiger partial charge in [0.15, 0.2) is 11.0 Å². The summed E-state index contributed by atoms with van der Waals surface area (Å²) in [6, 6.07) is 8.94. The summed E-state index contributed by atoms with van der Waals surface area (Å²) >= 11 is 1.47. The Labute approximate surface area is 166 Å². The van der Waals surface area contributed by atoms with Crippen LogP contribution >= 0.6 is 11.8 Å². The zero-order valence-corrected chi connectivity index (χ0v) is 16.9. The lowest BCUT2D eigenvalue weighted by atomic mass is 10.2. The minimum atomic E-state index is -0.498. The molecule has 0 aliphatic carbocycles. The van der Waals surface area contributed by atoms with E-state index in [1.165, 1.54) is 18.9 Å². The zero-order valence-electron chi connectivity index (χ0n) is 16.1. The van der Waals surface area contributed by atoms with Gasteiger partial charge in [-0.2, -0.15) is 0 Å². The molecule has 0 N–H and O–H groups in total. The van der Waals surface area contributed by atoms with Crippen LogP contribution in [0.1, 0.15) is 23.2 Å². The van der Waals surface area contributed by atoms with Crippen molar-refractivity contribution in [2.75, 3.05) is 21.3 Å². The highest BCUT2D eigenvalue weighted by Gasteiger charge is 2.17. The number of methoxy groups -OCH3 is 3. The average Bonchev–Trinajstić information content (AvgIpc) is 3.37. The maximum absolute atomic E-state index is 11.5. The van der Waals surface area contributed by atoms with Crippen molar-refractivity contribution in [1.29, 1.82) is 0 Å². The molecular weight excluding hydrogens is 382 g/mol. The fourth-order valence-corrected chi connectivity index (χ4v) is 3.53. The Morgan fingerprint density at radius 3 is 2.43 bits per heavy atom.